The van der Waals surface area contributed by atoms with Gasteiger partial charge in [0.25, 0.3) is 0 Å². The van der Waals surface area contributed by atoms with E-state index >= 15 is 0 Å². The van der Waals surface area contributed by atoms with Crippen molar-refractivity contribution in [3.05, 3.63) is 17.7 Å². The molecule has 5 nitrogen and oxygen atoms in total. The van der Waals surface area contributed by atoms with Crippen LogP contribution in [0.1, 0.15) is 18.0 Å². The average Bonchev–Trinajstić information content (AvgIpc) is 2.29. The van der Waals surface area contributed by atoms with Crippen LogP contribution in [0, 0.1) is 11.3 Å². The molecule has 1 aromatic rings. The fourth-order valence-electron chi connectivity index (χ4n) is 1.34. The van der Waals surface area contributed by atoms with Gasteiger partial charge in [0.15, 0.2) is 11.5 Å². The maximum Gasteiger partial charge on any atom is 0.200 e. The molecule has 0 aromatic heterocycles. The van der Waals surface area contributed by atoms with Crippen LogP contribution >= 0.6 is 12.4 Å². The van der Waals surface area contributed by atoms with Gasteiger partial charge in [0.1, 0.15) is 0 Å². The summed E-state index contributed by atoms with van der Waals surface area (Å²) in [5.74, 6) is 0.489. The molecule has 1 aromatic carbocycles. The molecule has 0 spiro atoms. The van der Waals surface area contributed by atoms with Crippen molar-refractivity contribution in [1.82, 2.24) is 0 Å². The molecule has 3 N–H and O–H groups in total. The second-order valence-electron chi connectivity index (χ2n) is 3.24. The van der Waals surface area contributed by atoms with Crippen molar-refractivity contribution >= 4 is 12.4 Å². The van der Waals surface area contributed by atoms with Gasteiger partial charge in [-0.3, -0.25) is 0 Å². The molecule has 0 saturated heterocycles. The summed E-state index contributed by atoms with van der Waals surface area (Å²) in [5, 5.41) is 18.2. The van der Waals surface area contributed by atoms with Crippen molar-refractivity contribution < 1.29 is 14.6 Å². The predicted octanol–water partition coefficient (Wildman–Crippen LogP) is 1.74. The topological polar surface area (TPSA) is 88.5 Å². The molecule has 0 bridgehead atoms. The highest BCUT2D eigenvalue weighted by atomic mass is 35.5. The molecule has 0 aliphatic heterocycles. The van der Waals surface area contributed by atoms with E-state index in [1.165, 1.54) is 14.2 Å². The normalized spacial score (nSPS) is 10.9. The number of nitrogens with zero attached hydrogens (tertiary/aromatic N) is 1. The molecular formula is C11H15ClN2O3. The van der Waals surface area contributed by atoms with Gasteiger partial charge in [0.05, 0.1) is 26.7 Å². The molecule has 0 saturated carbocycles. The van der Waals surface area contributed by atoms with Crippen LogP contribution in [0.3, 0.4) is 0 Å². The first kappa shape index (κ1) is 15.4. The lowest BCUT2D eigenvalue weighted by atomic mass is 10.0. The van der Waals surface area contributed by atoms with E-state index in [2.05, 4.69) is 0 Å². The Kier molecular flexibility index (Phi) is 6.18. The van der Waals surface area contributed by atoms with Crippen LogP contribution in [-0.4, -0.2) is 19.3 Å². The Balaban J connectivity index is 0.00000256. The zero-order valence-electron chi connectivity index (χ0n) is 9.64. The van der Waals surface area contributed by atoms with E-state index in [1.807, 2.05) is 6.07 Å². The maximum absolute atomic E-state index is 9.67. The van der Waals surface area contributed by atoms with Gasteiger partial charge in [-0.2, -0.15) is 5.26 Å². The number of nitrogens with two attached hydrogens (primary N) is 1. The molecule has 0 fully saturated rings. The number of halogens is 1. The Labute approximate surface area is 106 Å². The zero-order valence-corrected chi connectivity index (χ0v) is 10.5. The van der Waals surface area contributed by atoms with Crippen molar-refractivity contribution in [2.45, 2.75) is 12.5 Å². The summed E-state index contributed by atoms with van der Waals surface area (Å²) in [6.07, 6.45) is 0.192. The fraction of sp³-hybridized carbons (Fsp3) is 0.364. The highest BCUT2D eigenvalue weighted by Gasteiger charge is 2.14. The highest BCUT2D eigenvalue weighted by Crippen LogP contribution is 2.38. The lowest BCUT2D eigenvalue weighted by Crippen LogP contribution is -2.09. The molecule has 94 valence electrons. The third-order valence-corrected chi connectivity index (χ3v) is 2.24. The van der Waals surface area contributed by atoms with Gasteiger partial charge in [0.2, 0.25) is 5.75 Å². The van der Waals surface area contributed by atoms with Crippen molar-refractivity contribution in [3.63, 3.8) is 0 Å². The highest BCUT2D eigenvalue weighted by molar-refractivity contribution is 5.85. The van der Waals surface area contributed by atoms with E-state index in [-0.39, 0.29) is 36.1 Å². The quantitative estimate of drug-likeness (QED) is 0.859. The van der Waals surface area contributed by atoms with Crippen LogP contribution in [0.2, 0.25) is 0 Å². The molecule has 6 heteroatoms. The van der Waals surface area contributed by atoms with Crippen LogP contribution in [0.15, 0.2) is 12.1 Å². The van der Waals surface area contributed by atoms with Gasteiger partial charge in [-0.15, -0.1) is 12.4 Å². The summed E-state index contributed by atoms with van der Waals surface area (Å²) in [6, 6.07) is 4.76. The first-order valence-corrected chi connectivity index (χ1v) is 4.71. The van der Waals surface area contributed by atoms with Gasteiger partial charge < -0.3 is 20.3 Å². The number of benzene rings is 1. The van der Waals surface area contributed by atoms with Crippen molar-refractivity contribution in [2.75, 3.05) is 14.2 Å². The average molecular weight is 259 g/mol. The standard InChI is InChI=1S/C11H14N2O3.ClH/c1-15-9-5-7(8(13)3-4-12)6-10(16-2)11(9)14;/h5-6,8,14H,3,13H2,1-2H3;1H/t8-;/m0./s1. The van der Waals surface area contributed by atoms with Crippen molar-refractivity contribution in [2.24, 2.45) is 5.73 Å². The number of phenolic OH excluding ortho intramolecular Hbond substituents is 1. The van der Waals surface area contributed by atoms with Crippen LogP contribution in [-0.2, 0) is 0 Å². The molecule has 0 unspecified atom stereocenters. The van der Waals surface area contributed by atoms with E-state index in [0.29, 0.717) is 5.56 Å². The molecule has 0 amide bonds. The summed E-state index contributed by atoms with van der Waals surface area (Å²) >= 11 is 0. The lowest BCUT2D eigenvalue weighted by Gasteiger charge is -2.14. The van der Waals surface area contributed by atoms with Gasteiger partial charge >= 0.3 is 0 Å². The molecule has 1 atom stereocenters. The number of phenols is 1. The Bertz CT molecular complexity index is 393. The summed E-state index contributed by atoms with van der Waals surface area (Å²) in [6.45, 7) is 0. The van der Waals surface area contributed by atoms with Crippen LogP contribution in [0.4, 0.5) is 0 Å². The van der Waals surface area contributed by atoms with E-state index in [9.17, 15) is 5.11 Å². The minimum atomic E-state index is -0.423. The molecule has 1 rings (SSSR count). The van der Waals surface area contributed by atoms with Gasteiger partial charge in [-0.25, -0.2) is 0 Å². The summed E-state index contributed by atoms with van der Waals surface area (Å²) < 4.78 is 9.98. The monoisotopic (exact) mass is 258 g/mol. The SMILES string of the molecule is COc1cc([C@@H](N)CC#N)cc(OC)c1O.Cl. The Hall–Kier alpha value is -1.64. The Morgan fingerprint density at radius 3 is 2.18 bits per heavy atom. The second-order valence-corrected chi connectivity index (χ2v) is 3.24. The minimum Gasteiger partial charge on any atom is -0.502 e. The first-order chi connectivity index (χ1) is 7.63. The molecule has 0 aliphatic rings. The number of rotatable bonds is 4. The summed E-state index contributed by atoms with van der Waals surface area (Å²) in [4.78, 5) is 0. The Morgan fingerprint density at radius 2 is 1.82 bits per heavy atom. The largest absolute Gasteiger partial charge is 0.502 e. The lowest BCUT2D eigenvalue weighted by molar-refractivity contribution is 0.338. The van der Waals surface area contributed by atoms with Gasteiger partial charge in [-0.1, -0.05) is 0 Å². The van der Waals surface area contributed by atoms with E-state index in [0.717, 1.165) is 0 Å². The van der Waals surface area contributed by atoms with Gasteiger partial charge in [0, 0.05) is 6.04 Å². The molecule has 0 aliphatic carbocycles. The summed E-state index contributed by atoms with van der Waals surface area (Å²) in [5.41, 5.74) is 6.48. The minimum absolute atomic E-state index is 0. The molecule has 17 heavy (non-hydrogen) atoms. The number of aromatic hydroxyl groups is 1. The second kappa shape index (κ2) is 6.84. The molecular weight excluding hydrogens is 244 g/mol. The number of ether oxygens (including phenoxy) is 2. The van der Waals surface area contributed by atoms with E-state index < -0.39 is 6.04 Å². The van der Waals surface area contributed by atoms with Crippen LogP contribution < -0.4 is 15.2 Å². The van der Waals surface area contributed by atoms with Crippen LogP contribution in [0.5, 0.6) is 17.2 Å². The number of hydrogen-bond donors (Lipinski definition) is 2. The molecule has 0 heterocycles. The smallest absolute Gasteiger partial charge is 0.200 e. The third kappa shape index (κ3) is 3.41. The fourth-order valence-corrected chi connectivity index (χ4v) is 1.34. The van der Waals surface area contributed by atoms with Crippen molar-refractivity contribution in [3.8, 4) is 23.3 Å². The number of hydrogen-bond acceptors (Lipinski definition) is 5. The third-order valence-electron chi connectivity index (χ3n) is 2.24. The summed E-state index contributed by atoms with van der Waals surface area (Å²) in [7, 11) is 2.88. The maximum atomic E-state index is 9.67. The van der Waals surface area contributed by atoms with E-state index in [1.54, 1.807) is 12.1 Å². The predicted molar refractivity (Wildman–Crippen MR) is 65.6 cm³/mol. The van der Waals surface area contributed by atoms with E-state index in [4.69, 9.17) is 20.5 Å². The van der Waals surface area contributed by atoms with Crippen molar-refractivity contribution in [1.29, 1.82) is 5.26 Å². The molecule has 0 radical (unpaired) electrons. The number of methoxy groups -OCH3 is 2. The Morgan fingerprint density at radius 1 is 1.35 bits per heavy atom. The number of nitriles is 1. The van der Waals surface area contributed by atoms with Gasteiger partial charge in [-0.05, 0) is 17.7 Å². The zero-order chi connectivity index (χ0) is 12.1. The van der Waals surface area contributed by atoms with Crippen LogP contribution in [0.25, 0.3) is 0 Å². The first-order valence-electron chi connectivity index (χ1n) is 4.71.